The van der Waals surface area contributed by atoms with Crippen LogP contribution in [0, 0.1) is 13.8 Å². The van der Waals surface area contributed by atoms with Crippen LogP contribution in [0.4, 0.5) is 24.8 Å². The van der Waals surface area contributed by atoms with Gasteiger partial charge in [0, 0.05) is 24.8 Å². The number of anilines is 2. The number of aryl methyl sites for hydroxylation is 2. The van der Waals surface area contributed by atoms with Crippen molar-refractivity contribution in [1.82, 2.24) is 19.7 Å². The van der Waals surface area contributed by atoms with E-state index in [0.717, 1.165) is 36.8 Å². The Hall–Kier alpha value is -3.14. The van der Waals surface area contributed by atoms with E-state index >= 15 is 0 Å². The Morgan fingerprint density at radius 1 is 1.16 bits per heavy atom. The summed E-state index contributed by atoms with van der Waals surface area (Å²) in [6.07, 6.45) is -1.31. The molecule has 2 N–H and O–H groups in total. The van der Waals surface area contributed by atoms with E-state index < -0.39 is 11.7 Å². The molecule has 2 aromatic heterocycles. The molecule has 0 aliphatic carbocycles. The highest BCUT2D eigenvalue weighted by Crippen LogP contribution is 2.34. The van der Waals surface area contributed by atoms with Gasteiger partial charge in [-0.05, 0) is 50.5 Å². The SMILES string of the molecule is Cc1cc(C)n(-c2ccc(CNc3cc(N4CCCC4CO)ncn3)c(C(F)(F)F)c2)n1. The van der Waals surface area contributed by atoms with Crippen LogP contribution in [-0.2, 0) is 12.7 Å². The first-order chi connectivity index (χ1) is 15.3. The number of aromatic nitrogens is 4. The summed E-state index contributed by atoms with van der Waals surface area (Å²) in [6, 6.07) is 7.73. The van der Waals surface area contributed by atoms with Gasteiger partial charge < -0.3 is 15.3 Å². The topological polar surface area (TPSA) is 79.1 Å². The van der Waals surface area contributed by atoms with Gasteiger partial charge in [0.2, 0.25) is 0 Å². The average Bonchev–Trinajstić information content (AvgIpc) is 3.37. The first-order valence-corrected chi connectivity index (χ1v) is 10.4. The normalized spacial score (nSPS) is 16.6. The highest BCUT2D eigenvalue weighted by Gasteiger charge is 2.34. The molecule has 1 atom stereocenters. The molecular formula is C22H25F3N6O. The van der Waals surface area contributed by atoms with Crippen LogP contribution in [0.15, 0.2) is 36.7 Å². The highest BCUT2D eigenvalue weighted by molar-refractivity contribution is 5.51. The van der Waals surface area contributed by atoms with Gasteiger partial charge in [-0.2, -0.15) is 18.3 Å². The fourth-order valence-electron chi connectivity index (χ4n) is 4.12. The van der Waals surface area contributed by atoms with Crippen molar-refractivity contribution in [2.45, 2.75) is 45.5 Å². The van der Waals surface area contributed by atoms with Gasteiger partial charge in [-0.3, -0.25) is 0 Å². The number of hydrogen-bond donors (Lipinski definition) is 2. The maximum absolute atomic E-state index is 13.8. The Labute approximate surface area is 183 Å². The molecule has 0 bridgehead atoms. The van der Waals surface area contributed by atoms with Crippen LogP contribution in [0.2, 0.25) is 0 Å². The Morgan fingerprint density at radius 2 is 1.97 bits per heavy atom. The number of aliphatic hydroxyl groups excluding tert-OH is 1. The van der Waals surface area contributed by atoms with Crippen molar-refractivity contribution < 1.29 is 18.3 Å². The van der Waals surface area contributed by atoms with E-state index in [1.165, 1.54) is 17.1 Å². The van der Waals surface area contributed by atoms with Crippen LogP contribution >= 0.6 is 0 Å². The molecule has 0 amide bonds. The second-order valence-electron chi connectivity index (χ2n) is 7.97. The van der Waals surface area contributed by atoms with Crippen LogP contribution in [0.5, 0.6) is 0 Å². The van der Waals surface area contributed by atoms with E-state index in [2.05, 4.69) is 20.4 Å². The summed E-state index contributed by atoms with van der Waals surface area (Å²) in [4.78, 5) is 10.4. The summed E-state index contributed by atoms with van der Waals surface area (Å²) in [6.45, 7) is 4.35. The molecule has 1 aliphatic heterocycles. The highest BCUT2D eigenvalue weighted by atomic mass is 19.4. The summed E-state index contributed by atoms with van der Waals surface area (Å²) in [7, 11) is 0. The number of aliphatic hydroxyl groups is 1. The molecule has 1 fully saturated rings. The molecule has 3 aromatic rings. The van der Waals surface area contributed by atoms with Crippen molar-refractivity contribution in [3.8, 4) is 5.69 Å². The minimum atomic E-state index is -4.51. The number of rotatable bonds is 6. The maximum atomic E-state index is 13.8. The molecule has 3 heterocycles. The minimum absolute atomic E-state index is 0.00323. The molecule has 1 aliphatic rings. The van der Waals surface area contributed by atoms with Gasteiger partial charge in [0.05, 0.1) is 29.6 Å². The quantitative estimate of drug-likeness (QED) is 0.599. The van der Waals surface area contributed by atoms with E-state index in [1.54, 1.807) is 26.0 Å². The number of benzene rings is 1. The summed E-state index contributed by atoms with van der Waals surface area (Å²) in [5, 5.41) is 16.8. The largest absolute Gasteiger partial charge is 0.416 e. The Kier molecular flexibility index (Phi) is 6.05. The molecule has 0 saturated carbocycles. The molecule has 7 nitrogen and oxygen atoms in total. The fourth-order valence-corrected chi connectivity index (χ4v) is 4.12. The fraction of sp³-hybridized carbons (Fsp3) is 0.409. The van der Waals surface area contributed by atoms with Gasteiger partial charge >= 0.3 is 6.18 Å². The van der Waals surface area contributed by atoms with E-state index in [0.29, 0.717) is 17.3 Å². The molecule has 1 aromatic carbocycles. The minimum Gasteiger partial charge on any atom is -0.394 e. The third-order valence-electron chi connectivity index (χ3n) is 5.65. The molecular weight excluding hydrogens is 421 g/mol. The molecule has 170 valence electrons. The van der Waals surface area contributed by atoms with E-state index in [9.17, 15) is 18.3 Å². The van der Waals surface area contributed by atoms with Gasteiger partial charge in [-0.25, -0.2) is 14.6 Å². The predicted octanol–water partition coefficient (Wildman–Crippen LogP) is 3.87. The molecule has 0 spiro atoms. The Balaban J connectivity index is 1.57. The number of halogens is 3. The molecule has 0 radical (unpaired) electrons. The van der Waals surface area contributed by atoms with Gasteiger partial charge in [0.1, 0.15) is 18.0 Å². The van der Waals surface area contributed by atoms with E-state index in [-0.39, 0.29) is 24.8 Å². The Morgan fingerprint density at radius 3 is 2.66 bits per heavy atom. The van der Waals surface area contributed by atoms with E-state index in [1.807, 2.05) is 11.0 Å². The molecule has 1 saturated heterocycles. The number of alkyl halides is 3. The van der Waals surface area contributed by atoms with E-state index in [4.69, 9.17) is 0 Å². The smallest absolute Gasteiger partial charge is 0.394 e. The summed E-state index contributed by atoms with van der Waals surface area (Å²) >= 11 is 0. The number of nitrogens with one attached hydrogen (secondary N) is 1. The molecule has 4 rings (SSSR count). The third kappa shape index (κ3) is 4.55. The van der Waals surface area contributed by atoms with Crippen LogP contribution in [0.3, 0.4) is 0 Å². The summed E-state index contributed by atoms with van der Waals surface area (Å²) in [5.41, 5.74) is 1.25. The first-order valence-electron chi connectivity index (χ1n) is 10.4. The monoisotopic (exact) mass is 446 g/mol. The van der Waals surface area contributed by atoms with Crippen molar-refractivity contribution in [3.05, 3.63) is 59.2 Å². The number of hydrogen-bond acceptors (Lipinski definition) is 6. The zero-order chi connectivity index (χ0) is 22.9. The van der Waals surface area contributed by atoms with Crippen LogP contribution in [-0.4, -0.2) is 44.0 Å². The third-order valence-corrected chi connectivity index (χ3v) is 5.65. The van der Waals surface area contributed by atoms with Crippen LogP contribution in [0.25, 0.3) is 5.69 Å². The van der Waals surface area contributed by atoms with Crippen LogP contribution in [0.1, 0.15) is 35.4 Å². The lowest BCUT2D eigenvalue weighted by molar-refractivity contribution is -0.138. The van der Waals surface area contributed by atoms with Crippen molar-refractivity contribution >= 4 is 11.6 Å². The zero-order valence-corrected chi connectivity index (χ0v) is 17.9. The van der Waals surface area contributed by atoms with Gasteiger partial charge in [-0.1, -0.05) is 6.07 Å². The van der Waals surface area contributed by atoms with Crippen molar-refractivity contribution in [3.63, 3.8) is 0 Å². The molecule has 32 heavy (non-hydrogen) atoms. The van der Waals surface area contributed by atoms with Crippen molar-refractivity contribution in [2.75, 3.05) is 23.4 Å². The lowest BCUT2D eigenvalue weighted by Crippen LogP contribution is -2.32. The van der Waals surface area contributed by atoms with Gasteiger partial charge in [0.25, 0.3) is 0 Å². The predicted molar refractivity (Wildman–Crippen MR) is 115 cm³/mol. The second-order valence-corrected chi connectivity index (χ2v) is 7.97. The van der Waals surface area contributed by atoms with Crippen molar-refractivity contribution in [1.29, 1.82) is 0 Å². The lowest BCUT2D eigenvalue weighted by Gasteiger charge is -2.24. The van der Waals surface area contributed by atoms with Crippen LogP contribution < -0.4 is 10.2 Å². The zero-order valence-electron chi connectivity index (χ0n) is 17.9. The number of nitrogens with zero attached hydrogens (tertiary/aromatic N) is 5. The van der Waals surface area contributed by atoms with Gasteiger partial charge in [0.15, 0.2) is 0 Å². The lowest BCUT2D eigenvalue weighted by atomic mass is 10.1. The summed E-state index contributed by atoms with van der Waals surface area (Å²) < 4.78 is 42.9. The maximum Gasteiger partial charge on any atom is 0.416 e. The second kappa shape index (κ2) is 8.78. The first kappa shape index (κ1) is 22.1. The molecule has 1 unspecified atom stereocenters. The summed E-state index contributed by atoms with van der Waals surface area (Å²) in [5.74, 6) is 1.07. The molecule has 10 heteroatoms. The average molecular weight is 446 g/mol. The van der Waals surface area contributed by atoms with Gasteiger partial charge in [-0.15, -0.1) is 0 Å². The van der Waals surface area contributed by atoms with Crippen molar-refractivity contribution in [2.24, 2.45) is 0 Å². The Bertz CT molecular complexity index is 1100. The standard InChI is InChI=1S/C22H25F3N6O/c1-14-8-15(2)31(29-14)17-6-5-16(19(9-17)22(23,24)25)11-26-20-10-21(28-13-27-20)30-7-3-4-18(30)12-32/h5-6,8-10,13,18,32H,3-4,7,11-12H2,1-2H3,(H,26,27,28).